The van der Waals surface area contributed by atoms with Crippen LogP contribution in [0.1, 0.15) is 38.5 Å². The molecule has 0 atom stereocenters. The lowest BCUT2D eigenvalue weighted by atomic mass is 9.74. The van der Waals surface area contributed by atoms with Gasteiger partial charge in [0.2, 0.25) is 0 Å². The lowest BCUT2D eigenvalue weighted by molar-refractivity contribution is -0.150. The molecule has 0 aliphatic heterocycles. The molecule has 0 heterocycles. The number of aliphatic carboxylic acids is 1. The van der Waals surface area contributed by atoms with Gasteiger partial charge in [0.15, 0.2) is 0 Å². The van der Waals surface area contributed by atoms with Gasteiger partial charge in [-0.05, 0) is 12.8 Å². The van der Waals surface area contributed by atoms with Crippen LogP contribution in [0.15, 0.2) is 0 Å². The number of nitriles is 1. The van der Waals surface area contributed by atoms with E-state index in [1.54, 1.807) is 7.05 Å². The largest absolute Gasteiger partial charge is 0.481 e. The van der Waals surface area contributed by atoms with Crippen LogP contribution in [0.25, 0.3) is 0 Å². The number of carbonyl (C=O) groups excluding carboxylic acids is 1. The number of nitrogens with zero attached hydrogens (tertiary/aromatic N) is 2. The predicted octanol–water partition coefficient (Wildman–Crippen LogP) is 1.58. The molecule has 0 aromatic rings. The molecule has 1 aliphatic carbocycles. The van der Waals surface area contributed by atoms with Crippen molar-refractivity contribution < 1.29 is 14.7 Å². The maximum Gasteiger partial charge on any atom is 0.317 e. The number of carboxylic acid groups (broad SMARTS) is 1. The number of carboxylic acids is 1. The van der Waals surface area contributed by atoms with Gasteiger partial charge in [0.1, 0.15) is 0 Å². The summed E-state index contributed by atoms with van der Waals surface area (Å²) in [5.74, 6) is -0.827. The molecule has 1 rings (SSSR count). The highest BCUT2D eigenvalue weighted by molar-refractivity contribution is 5.78. The molecule has 0 saturated heterocycles. The summed E-state index contributed by atoms with van der Waals surface area (Å²) in [5, 5.41) is 20.5. The second kappa shape index (κ2) is 6.98. The van der Waals surface area contributed by atoms with Gasteiger partial charge in [0.25, 0.3) is 0 Å². The minimum absolute atomic E-state index is 0.165. The number of hydrogen-bond donors (Lipinski definition) is 2. The Hall–Kier alpha value is -1.77. The van der Waals surface area contributed by atoms with E-state index in [9.17, 15) is 14.7 Å². The number of urea groups is 1. The fraction of sp³-hybridized carbons (Fsp3) is 0.769. The first-order valence-electron chi connectivity index (χ1n) is 6.61. The zero-order valence-corrected chi connectivity index (χ0v) is 11.3. The summed E-state index contributed by atoms with van der Waals surface area (Å²) >= 11 is 0. The maximum absolute atomic E-state index is 11.8. The molecule has 1 aliphatic rings. The summed E-state index contributed by atoms with van der Waals surface area (Å²) < 4.78 is 0. The molecule has 6 heteroatoms. The van der Waals surface area contributed by atoms with Crippen LogP contribution in [0, 0.1) is 16.7 Å². The molecule has 6 nitrogen and oxygen atoms in total. The molecular formula is C13H21N3O3. The van der Waals surface area contributed by atoms with Gasteiger partial charge in [0, 0.05) is 20.1 Å². The van der Waals surface area contributed by atoms with Crippen molar-refractivity contribution in [3.8, 4) is 6.07 Å². The van der Waals surface area contributed by atoms with Gasteiger partial charge in [0.05, 0.1) is 17.9 Å². The number of carbonyl (C=O) groups is 2. The molecule has 19 heavy (non-hydrogen) atoms. The Labute approximate surface area is 113 Å². The maximum atomic E-state index is 11.8. The Morgan fingerprint density at radius 2 is 2.00 bits per heavy atom. The summed E-state index contributed by atoms with van der Waals surface area (Å²) in [4.78, 5) is 24.6. The molecule has 0 spiro atoms. The molecule has 2 amide bonds. The first-order chi connectivity index (χ1) is 9.02. The molecule has 0 aromatic carbocycles. The Morgan fingerprint density at radius 3 is 2.53 bits per heavy atom. The van der Waals surface area contributed by atoms with E-state index in [2.05, 4.69) is 5.32 Å². The summed E-state index contributed by atoms with van der Waals surface area (Å²) in [7, 11) is 1.60. The smallest absolute Gasteiger partial charge is 0.317 e. The first kappa shape index (κ1) is 15.3. The van der Waals surface area contributed by atoms with Gasteiger partial charge >= 0.3 is 12.0 Å². The third-order valence-electron chi connectivity index (χ3n) is 3.75. The fourth-order valence-corrected chi connectivity index (χ4v) is 2.39. The zero-order valence-electron chi connectivity index (χ0n) is 11.3. The van der Waals surface area contributed by atoms with E-state index < -0.39 is 11.4 Å². The highest BCUT2D eigenvalue weighted by atomic mass is 16.4. The van der Waals surface area contributed by atoms with Crippen LogP contribution in [-0.2, 0) is 4.79 Å². The lowest BCUT2D eigenvalue weighted by Crippen LogP contribution is -2.47. The summed E-state index contributed by atoms with van der Waals surface area (Å²) in [5.41, 5.74) is -0.815. The SMILES string of the molecule is CN(CCC#N)C(=O)NCC1(C(=O)O)CCCCC1. The van der Waals surface area contributed by atoms with E-state index in [0.29, 0.717) is 19.4 Å². The van der Waals surface area contributed by atoms with Crippen molar-refractivity contribution in [1.29, 1.82) is 5.26 Å². The van der Waals surface area contributed by atoms with Gasteiger partial charge < -0.3 is 15.3 Å². The molecule has 0 aromatic heterocycles. The van der Waals surface area contributed by atoms with Gasteiger partial charge in [-0.1, -0.05) is 19.3 Å². The highest BCUT2D eigenvalue weighted by Crippen LogP contribution is 2.35. The Bertz CT molecular complexity index is 370. The Morgan fingerprint density at radius 1 is 1.37 bits per heavy atom. The van der Waals surface area contributed by atoms with Crippen molar-refractivity contribution in [3.63, 3.8) is 0 Å². The Kier molecular flexibility index (Phi) is 5.61. The van der Waals surface area contributed by atoms with E-state index in [1.165, 1.54) is 4.90 Å². The minimum atomic E-state index is -0.827. The van der Waals surface area contributed by atoms with E-state index in [-0.39, 0.29) is 19.0 Å². The van der Waals surface area contributed by atoms with Crippen LogP contribution < -0.4 is 5.32 Å². The fourth-order valence-electron chi connectivity index (χ4n) is 2.39. The van der Waals surface area contributed by atoms with Crippen molar-refractivity contribution in [1.82, 2.24) is 10.2 Å². The first-order valence-corrected chi connectivity index (χ1v) is 6.61. The number of rotatable bonds is 5. The molecule has 0 unspecified atom stereocenters. The highest BCUT2D eigenvalue weighted by Gasteiger charge is 2.39. The van der Waals surface area contributed by atoms with Crippen molar-refractivity contribution in [2.24, 2.45) is 5.41 Å². The van der Waals surface area contributed by atoms with Crippen molar-refractivity contribution >= 4 is 12.0 Å². The minimum Gasteiger partial charge on any atom is -0.481 e. The molecular weight excluding hydrogens is 246 g/mol. The van der Waals surface area contributed by atoms with Crippen LogP contribution in [0.3, 0.4) is 0 Å². The van der Waals surface area contributed by atoms with Crippen molar-refractivity contribution in [2.45, 2.75) is 38.5 Å². The van der Waals surface area contributed by atoms with Crippen LogP contribution in [-0.4, -0.2) is 42.1 Å². The summed E-state index contributed by atoms with van der Waals surface area (Å²) in [6, 6.07) is 1.65. The van der Waals surface area contributed by atoms with Crippen LogP contribution >= 0.6 is 0 Å². The van der Waals surface area contributed by atoms with Gasteiger partial charge in [-0.3, -0.25) is 4.79 Å². The molecule has 2 N–H and O–H groups in total. The summed E-state index contributed by atoms with van der Waals surface area (Å²) in [6.07, 6.45) is 4.35. The van der Waals surface area contributed by atoms with E-state index in [0.717, 1.165) is 19.3 Å². The molecule has 0 bridgehead atoms. The third kappa shape index (κ3) is 4.12. The predicted molar refractivity (Wildman–Crippen MR) is 69.4 cm³/mol. The van der Waals surface area contributed by atoms with Crippen LogP contribution in [0.2, 0.25) is 0 Å². The molecule has 106 valence electrons. The second-order valence-electron chi connectivity index (χ2n) is 5.13. The molecule has 1 fully saturated rings. The van der Waals surface area contributed by atoms with Crippen molar-refractivity contribution in [3.05, 3.63) is 0 Å². The summed E-state index contributed by atoms with van der Waals surface area (Å²) in [6.45, 7) is 0.514. The number of amides is 2. The van der Waals surface area contributed by atoms with Gasteiger partial charge in [-0.2, -0.15) is 5.26 Å². The zero-order chi connectivity index (χ0) is 14.3. The average Bonchev–Trinajstić information content (AvgIpc) is 2.42. The standard InChI is InChI=1S/C13H21N3O3/c1-16(9-5-8-14)12(19)15-10-13(11(17)18)6-3-2-4-7-13/h2-7,9-10H2,1H3,(H,15,19)(H,17,18). The molecule has 0 radical (unpaired) electrons. The van der Waals surface area contributed by atoms with Gasteiger partial charge in [-0.25, -0.2) is 4.79 Å². The normalized spacial score (nSPS) is 17.3. The van der Waals surface area contributed by atoms with Crippen LogP contribution in [0.4, 0.5) is 4.79 Å². The quantitative estimate of drug-likeness (QED) is 0.790. The number of hydrogen-bond acceptors (Lipinski definition) is 3. The second-order valence-corrected chi connectivity index (χ2v) is 5.13. The third-order valence-corrected chi connectivity index (χ3v) is 3.75. The monoisotopic (exact) mass is 267 g/mol. The molecule has 1 saturated carbocycles. The number of nitrogens with one attached hydrogen (secondary N) is 1. The van der Waals surface area contributed by atoms with Crippen LogP contribution in [0.5, 0.6) is 0 Å². The topological polar surface area (TPSA) is 93.4 Å². The van der Waals surface area contributed by atoms with E-state index in [1.807, 2.05) is 6.07 Å². The van der Waals surface area contributed by atoms with E-state index >= 15 is 0 Å². The van der Waals surface area contributed by atoms with Crippen molar-refractivity contribution in [2.75, 3.05) is 20.1 Å². The average molecular weight is 267 g/mol. The lowest BCUT2D eigenvalue weighted by Gasteiger charge is -2.33. The van der Waals surface area contributed by atoms with E-state index in [4.69, 9.17) is 5.26 Å². The van der Waals surface area contributed by atoms with Gasteiger partial charge in [-0.15, -0.1) is 0 Å². The Balaban J connectivity index is 2.50.